The fourth-order valence-corrected chi connectivity index (χ4v) is 2.50. The van der Waals surface area contributed by atoms with Crippen LogP contribution in [0.4, 0.5) is 0 Å². The second kappa shape index (κ2) is 10.7. The molecular weight excluding hydrogens is 248 g/mol. The first-order valence-electron chi connectivity index (χ1n) is 7.77. The molecule has 1 aliphatic heterocycles. The van der Waals surface area contributed by atoms with E-state index < -0.39 is 0 Å². The van der Waals surface area contributed by atoms with Crippen LogP contribution in [0.25, 0.3) is 0 Å². The molecular formula is C17H32N2O. The zero-order valence-corrected chi connectivity index (χ0v) is 14.0. The van der Waals surface area contributed by atoms with Crippen LogP contribution < -0.4 is 10.5 Å². The molecule has 1 aliphatic rings. The summed E-state index contributed by atoms with van der Waals surface area (Å²) in [5, 5.41) is 0. The summed E-state index contributed by atoms with van der Waals surface area (Å²) < 4.78 is 5.25. The standard InChI is InChI=1S/C13H20N2O.2C2H6/c1-15-8-11(6-12(14)9-15)10-4-3-5-13(7-10)16-2;2*1-2/h3-5,7,11-12H,6,8-9,14H2,1-2H3;2*1-2H3. The molecule has 2 N–H and O–H groups in total. The summed E-state index contributed by atoms with van der Waals surface area (Å²) in [5.74, 6) is 1.46. The topological polar surface area (TPSA) is 38.5 Å². The van der Waals surface area contributed by atoms with E-state index in [1.54, 1.807) is 7.11 Å². The maximum Gasteiger partial charge on any atom is 0.119 e. The second-order valence-electron chi connectivity index (χ2n) is 4.69. The lowest BCUT2D eigenvalue weighted by Crippen LogP contribution is -2.44. The molecule has 1 aromatic carbocycles. The molecule has 2 rings (SSSR count). The van der Waals surface area contributed by atoms with Crippen LogP contribution in [0.5, 0.6) is 5.75 Å². The van der Waals surface area contributed by atoms with E-state index in [2.05, 4.69) is 24.1 Å². The third-order valence-electron chi connectivity index (χ3n) is 3.23. The molecule has 0 amide bonds. The van der Waals surface area contributed by atoms with Gasteiger partial charge in [-0.3, -0.25) is 0 Å². The lowest BCUT2D eigenvalue weighted by molar-refractivity contribution is 0.227. The van der Waals surface area contributed by atoms with Gasteiger partial charge in [-0.2, -0.15) is 0 Å². The van der Waals surface area contributed by atoms with Crippen molar-refractivity contribution in [2.24, 2.45) is 5.73 Å². The minimum Gasteiger partial charge on any atom is -0.497 e. The lowest BCUT2D eigenvalue weighted by Gasteiger charge is -2.34. The van der Waals surface area contributed by atoms with E-state index in [0.29, 0.717) is 5.92 Å². The molecule has 2 unspecified atom stereocenters. The van der Waals surface area contributed by atoms with Gasteiger partial charge in [0.15, 0.2) is 0 Å². The van der Waals surface area contributed by atoms with E-state index in [0.717, 1.165) is 25.3 Å². The van der Waals surface area contributed by atoms with Gasteiger partial charge in [0.2, 0.25) is 0 Å². The van der Waals surface area contributed by atoms with Crippen LogP contribution in [0.1, 0.15) is 45.6 Å². The molecule has 3 nitrogen and oxygen atoms in total. The summed E-state index contributed by atoms with van der Waals surface area (Å²) >= 11 is 0. The van der Waals surface area contributed by atoms with Gasteiger partial charge in [-0.25, -0.2) is 0 Å². The molecule has 116 valence electrons. The predicted molar refractivity (Wildman–Crippen MR) is 88.5 cm³/mol. The second-order valence-corrected chi connectivity index (χ2v) is 4.69. The number of ether oxygens (including phenoxy) is 1. The van der Waals surface area contributed by atoms with Crippen molar-refractivity contribution in [3.63, 3.8) is 0 Å². The van der Waals surface area contributed by atoms with Gasteiger partial charge < -0.3 is 15.4 Å². The highest BCUT2D eigenvalue weighted by Gasteiger charge is 2.24. The van der Waals surface area contributed by atoms with Crippen molar-refractivity contribution < 1.29 is 4.74 Å². The summed E-state index contributed by atoms with van der Waals surface area (Å²) in [7, 11) is 3.84. The Morgan fingerprint density at radius 1 is 1.15 bits per heavy atom. The van der Waals surface area contributed by atoms with Crippen molar-refractivity contribution in [1.29, 1.82) is 0 Å². The Morgan fingerprint density at radius 2 is 1.80 bits per heavy atom. The van der Waals surface area contributed by atoms with Crippen LogP contribution in [0, 0.1) is 0 Å². The van der Waals surface area contributed by atoms with Crippen LogP contribution in [-0.2, 0) is 0 Å². The zero-order valence-electron chi connectivity index (χ0n) is 14.0. The fraction of sp³-hybridized carbons (Fsp3) is 0.647. The van der Waals surface area contributed by atoms with Crippen LogP contribution in [-0.4, -0.2) is 38.2 Å². The van der Waals surface area contributed by atoms with E-state index in [-0.39, 0.29) is 6.04 Å². The Hall–Kier alpha value is -1.06. The third kappa shape index (κ3) is 5.93. The molecule has 0 aromatic heterocycles. The van der Waals surface area contributed by atoms with Crippen LogP contribution in [0.15, 0.2) is 24.3 Å². The number of likely N-dealkylation sites (N-methyl/N-ethyl adjacent to an activating group) is 1. The van der Waals surface area contributed by atoms with E-state index >= 15 is 0 Å². The average molecular weight is 280 g/mol. The van der Waals surface area contributed by atoms with Crippen molar-refractivity contribution >= 4 is 0 Å². The first kappa shape index (κ1) is 18.9. The summed E-state index contributed by atoms with van der Waals surface area (Å²) in [5.41, 5.74) is 7.39. The Bertz CT molecular complexity index is 345. The number of hydrogen-bond donors (Lipinski definition) is 1. The summed E-state index contributed by atoms with van der Waals surface area (Å²) in [6, 6.07) is 8.61. The van der Waals surface area contributed by atoms with Crippen molar-refractivity contribution in [3.05, 3.63) is 29.8 Å². The van der Waals surface area contributed by atoms with Gasteiger partial charge in [0.25, 0.3) is 0 Å². The number of piperidine rings is 1. The number of rotatable bonds is 2. The average Bonchev–Trinajstić information content (AvgIpc) is 2.50. The molecule has 1 saturated heterocycles. The molecule has 0 aliphatic carbocycles. The van der Waals surface area contributed by atoms with Gasteiger partial charge in [0.05, 0.1) is 7.11 Å². The van der Waals surface area contributed by atoms with Crippen molar-refractivity contribution in [2.45, 2.75) is 46.1 Å². The zero-order chi connectivity index (χ0) is 15.5. The largest absolute Gasteiger partial charge is 0.497 e. The summed E-state index contributed by atoms with van der Waals surface area (Å²) in [6.07, 6.45) is 1.07. The molecule has 1 aromatic rings. The van der Waals surface area contributed by atoms with Gasteiger partial charge >= 0.3 is 0 Å². The summed E-state index contributed by atoms with van der Waals surface area (Å²) in [6.45, 7) is 10.1. The van der Waals surface area contributed by atoms with E-state index in [9.17, 15) is 0 Å². The van der Waals surface area contributed by atoms with Crippen molar-refractivity contribution in [2.75, 3.05) is 27.2 Å². The molecule has 2 atom stereocenters. The molecule has 0 bridgehead atoms. The molecule has 3 heteroatoms. The SMILES string of the molecule is CC.CC.COc1cccc(C2CC(N)CN(C)C2)c1. The molecule has 1 heterocycles. The highest BCUT2D eigenvalue weighted by atomic mass is 16.5. The number of nitrogens with two attached hydrogens (primary N) is 1. The Labute approximate surface area is 125 Å². The first-order valence-corrected chi connectivity index (χ1v) is 7.77. The number of benzene rings is 1. The van der Waals surface area contributed by atoms with Crippen LogP contribution >= 0.6 is 0 Å². The van der Waals surface area contributed by atoms with E-state index in [1.165, 1.54) is 5.56 Å². The quantitative estimate of drug-likeness (QED) is 0.901. The van der Waals surface area contributed by atoms with Gasteiger partial charge in [-0.15, -0.1) is 0 Å². The minimum atomic E-state index is 0.287. The van der Waals surface area contributed by atoms with Gasteiger partial charge in [-0.1, -0.05) is 39.8 Å². The van der Waals surface area contributed by atoms with Crippen LogP contribution in [0.2, 0.25) is 0 Å². The lowest BCUT2D eigenvalue weighted by atomic mass is 9.88. The van der Waals surface area contributed by atoms with E-state index in [1.807, 2.05) is 39.8 Å². The van der Waals surface area contributed by atoms with Crippen molar-refractivity contribution in [3.8, 4) is 5.75 Å². The fourth-order valence-electron chi connectivity index (χ4n) is 2.50. The first-order chi connectivity index (χ1) is 9.69. The van der Waals surface area contributed by atoms with Gasteiger partial charge in [0, 0.05) is 19.1 Å². The number of likely N-dealkylation sites (tertiary alicyclic amines) is 1. The third-order valence-corrected chi connectivity index (χ3v) is 3.23. The molecule has 0 spiro atoms. The number of nitrogens with zero attached hydrogens (tertiary/aromatic N) is 1. The molecule has 0 saturated carbocycles. The highest BCUT2D eigenvalue weighted by molar-refractivity contribution is 5.31. The Balaban J connectivity index is 0.000000829. The number of hydrogen-bond acceptors (Lipinski definition) is 3. The maximum atomic E-state index is 6.05. The number of methoxy groups -OCH3 is 1. The van der Waals surface area contributed by atoms with E-state index in [4.69, 9.17) is 10.5 Å². The predicted octanol–water partition coefficient (Wildman–Crippen LogP) is 3.49. The maximum absolute atomic E-state index is 6.05. The normalized spacial score (nSPS) is 21.9. The summed E-state index contributed by atoms with van der Waals surface area (Å²) in [4.78, 5) is 2.30. The van der Waals surface area contributed by atoms with Gasteiger partial charge in [0.1, 0.15) is 5.75 Å². The molecule has 0 radical (unpaired) electrons. The Kier molecular flexibility index (Phi) is 10.1. The molecule has 1 fully saturated rings. The van der Waals surface area contributed by atoms with Crippen molar-refractivity contribution in [1.82, 2.24) is 4.90 Å². The minimum absolute atomic E-state index is 0.287. The highest BCUT2D eigenvalue weighted by Crippen LogP contribution is 2.27. The Morgan fingerprint density at radius 3 is 2.35 bits per heavy atom. The van der Waals surface area contributed by atoms with Crippen LogP contribution in [0.3, 0.4) is 0 Å². The van der Waals surface area contributed by atoms with Gasteiger partial charge in [-0.05, 0) is 37.1 Å². The molecule has 20 heavy (non-hydrogen) atoms. The monoisotopic (exact) mass is 280 g/mol. The smallest absolute Gasteiger partial charge is 0.119 e.